The van der Waals surface area contributed by atoms with Gasteiger partial charge in [0.2, 0.25) is 0 Å². The van der Waals surface area contributed by atoms with Crippen LogP contribution in [0.25, 0.3) is 0 Å². The first-order valence-electron chi connectivity index (χ1n) is 4.45. The van der Waals surface area contributed by atoms with Gasteiger partial charge in [0.05, 0.1) is 0 Å². The van der Waals surface area contributed by atoms with Crippen LogP contribution in [0.5, 0.6) is 0 Å². The van der Waals surface area contributed by atoms with Crippen LogP contribution >= 0.6 is 0 Å². The summed E-state index contributed by atoms with van der Waals surface area (Å²) in [4.78, 5) is 3.78. The van der Waals surface area contributed by atoms with E-state index >= 15 is 0 Å². The fourth-order valence-corrected chi connectivity index (χ4v) is 0.995. The van der Waals surface area contributed by atoms with Crippen LogP contribution < -0.4 is 17.3 Å². The summed E-state index contributed by atoms with van der Waals surface area (Å²) in [7, 11) is 0. The van der Waals surface area contributed by atoms with Crippen LogP contribution in [0.1, 0.15) is 0 Å². The molecule has 80 valence electrons. The molecule has 0 aliphatic carbocycles. The predicted octanol–water partition coefficient (Wildman–Crippen LogP) is 0.00890. The summed E-state index contributed by atoms with van der Waals surface area (Å²) in [5.74, 6) is 5.43. The molecule has 1 fully saturated rings. The second-order valence-corrected chi connectivity index (χ2v) is 2.81. The fourth-order valence-electron chi connectivity index (χ4n) is 0.995. The van der Waals surface area contributed by atoms with Crippen molar-refractivity contribution in [2.75, 3.05) is 26.2 Å². The zero-order valence-corrected chi connectivity index (χ0v) is 8.39. The van der Waals surface area contributed by atoms with E-state index in [2.05, 4.69) is 10.3 Å². The first kappa shape index (κ1) is 13.0. The molecule has 0 amide bonds. The number of nitrogens with two attached hydrogens (primary N) is 1. The van der Waals surface area contributed by atoms with Crippen molar-refractivity contribution in [1.82, 2.24) is 21.5 Å². The van der Waals surface area contributed by atoms with E-state index in [1.165, 1.54) is 0 Å². The van der Waals surface area contributed by atoms with Gasteiger partial charge >= 0.3 is 0 Å². The van der Waals surface area contributed by atoms with Crippen LogP contribution in [0.4, 0.5) is 0 Å². The van der Waals surface area contributed by atoms with Gasteiger partial charge in [-0.15, -0.1) is 0 Å². The molecule has 0 unspecified atom stereocenters. The van der Waals surface area contributed by atoms with Gasteiger partial charge in [-0.05, 0) is 12.1 Å². The van der Waals surface area contributed by atoms with Gasteiger partial charge in [0.1, 0.15) is 0 Å². The summed E-state index contributed by atoms with van der Waals surface area (Å²) in [5, 5.41) is 5.02. The predicted molar refractivity (Wildman–Crippen MR) is 57.9 cm³/mol. The summed E-state index contributed by atoms with van der Waals surface area (Å²) in [6.45, 7) is 4.05. The Balaban J connectivity index is 0.000000227. The number of hydrogen-bond donors (Lipinski definition) is 3. The van der Waals surface area contributed by atoms with Crippen LogP contribution in [0.15, 0.2) is 30.6 Å². The molecule has 0 aromatic carbocycles. The normalized spacial score (nSPS) is 16.1. The number of rotatable bonds is 0. The third-order valence-corrected chi connectivity index (χ3v) is 1.72. The summed E-state index contributed by atoms with van der Waals surface area (Å²) in [5.41, 5.74) is 0. The average Bonchev–Trinajstić information content (AvgIpc) is 2.22. The third kappa shape index (κ3) is 6.50. The minimum absolute atomic E-state index is 0. The summed E-state index contributed by atoms with van der Waals surface area (Å²) < 4.78 is 0. The topological polar surface area (TPSA) is 89.2 Å². The smallest absolute Gasteiger partial charge is 0.0267 e. The average molecular weight is 197 g/mol. The van der Waals surface area contributed by atoms with E-state index in [-0.39, 0.29) is 6.15 Å². The Hall–Kier alpha value is -1.01. The van der Waals surface area contributed by atoms with Crippen molar-refractivity contribution in [3.63, 3.8) is 0 Å². The van der Waals surface area contributed by atoms with Gasteiger partial charge in [0.25, 0.3) is 0 Å². The zero-order chi connectivity index (χ0) is 9.36. The van der Waals surface area contributed by atoms with E-state index < -0.39 is 0 Å². The lowest BCUT2D eigenvalue weighted by Gasteiger charge is -2.21. The molecular formula is C9H19N5. The molecule has 0 bridgehead atoms. The molecule has 5 heteroatoms. The van der Waals surface area contributed by atoms with E-state index in [0.29, 0.717) is 0 Å². The van der Waals surface area contributed by atoms with E-state index in [0.717, 1.165) is 26.2 Å². The highest BCUT2D eigenvalue weighted by Crippen LogP contribution is 1.79. The second-order valence-electron chi connectivity index (χ2n) is 2.81. The third-order valence-electron chi connectivity index (χ3n) is 1.72. The minimum Gasteiger partial charge on any atom is -0.344 e. The Morgan fingerprint density at radius 3 is 1.86 bits per heavy atom. The van der Waals surface area contributed by atoms with Crippen molar-refractivity contribution < 1.29 is 0 Å². The van der Waals surface area contributed by atoms with E-state index in [1.54, 1.807) is 12.4 Å². The molecule has 1 aromatic heterocycles. The van der Waals surface area contributed by atoms with Crippen molar-refractivity contribution in [2.24, 2.45) is 5.84 Å². The molecule has 1 aliphatic rings. The molecule has 2 rings (SSSR count). The number of hydrogen-bond acceptors (Lipinski definition) is 5. The molecule has 0 spiro atoms. The van der Waals surface area contributed by atoms with Crippen LogP contribution in [-0.4, -0.2) is 36.2 Å². The molecule has 1 aliphatic heterocycles. The van der Waals surface area contributed by atoms with Crippen molar-refractivity contribution in [3.05, 3.63) is 30.6 Å². The Bertz CT molecular complexity index is 171. The van der Waals surface area contributed by atoms with Gasteiger partial charge in [-0.25, -0.2) is 5.01 Å². The lowest BCUT2D eigenvalue weighted by Crippen LogP contribution is -2.47. The molecule has 2 heterocycles. The minimum atomic E-state index is 0. The van der Waals surface area contributed by atoms with Crippen molar-refractivity contribution in [1.29, 1.82) is 0 Å². The van der Waals surface area contributed by atoms with Crippen LogP contribution in [0.2, 0.25) is 0 Å². The molecule has 14 heavy (non-hydrogen) atoms. The molecule has 0 saturated carbocycles. The van der Waals surface area contributed by atoms with Gasteiger partial charge in [0, 0.05) is 38.6 Å². The Morgan fingerprint density at radius 1 is 1.07 bits per heavy atom. The van der Waals surface area contributed by atoms with Crippen molar-refractivity contribution >= 4 is 0 Å². The quantitative estimate of drug-likeness (QED) is 0.510. The zero-order valence-electron chi connectivity index (χ0n) is 8.39. The van der Waals surface area contributed by atoms with Gasteiger partial charge in [-0.2, -0.15) is 0 Å². The van der Waals surface area contributed by atoms with Gasteiger partial charge in [-0.1, -0.05) is 6.07 Å². The number of nitrogens with zero attached hydrogens (tertiary/aromatic N) is 2. The Labute approximate surface area is 84.9 Å². The van der Waals surface area contributed by atoms with Crippen molar-refractivity contribution in [3.8, 4) is 0 Å². The summed E-state index contributed by atoms with van der Waals surface area (Å²) in [6, 6.07) is 5.72. The monoisotopic (exact) mass is 197 g/mol. The summed E-state index contributed by atoms with van der Waals surface area (Å²) >= 11 is 0. The molecular weight excluding hydrogens is 178 g/mol. The van der Waals surface area contributed by atoms with Gasteiger partial charge < -0.3 is 11.5 Å². The Morgan fingerprint density at radius 2 is 1.64 bits per heavy atom. The Kier molecular flexibility index (Phi) is 7.96. The second kappa shape index (κ2) is 8.58. The van der Waals surface area contributed by atoms with Gasteiger partial charge in [-0.3, -0.25) is 10.8 Å². The molecule has 5 nitrogen and oxygen atoms in total. The maximum Gasteiger partial charge on any atom is 0.0267 e. The maximum absolute atomic E-state index is 5.43. The number of aromatic nitrogens is 1. The van der Waals surface area contributed by atoms with Crippen molar-refractivity contribution in [2.45, 2.75) is 0 Å². The van der Waals surface area contributed by atoms with Crippen LogP contribution in [0.3, 0.4) is 0 Å². The van der Waals surface area contributed by atoms with Crippen LogP contribution in [-0.2, 0) is 0 Å². The molecule has 1 aromatic rings. The molecule has 0 atom stereocenters. The molecule has 1 saturated heterocycles. The highest BCUT2D eigenvalue weighted by Gasteiger charge is 2.01. The highest BCUT2D eigenvalue weighted by atomic mass is 15.4. The van der Waals surface area contributed by atoms with Gasteiger partial charge in [0.15, 0.2) is 0 Å². The first-order chi connectivity index (χ1) is 6.39. The summed E-state index contributed by atoms with van der Waals surface area (Å²) in [6.07, 6.45) is 3.50. The number of pyridine rings is 1. The largest absolute Gasteiger partial charge is 0.344 e. The SMILES string of the molecule is N.NN1CCNCC1.c1ccncc1. The first-order valence-corrected chi connectivity index (χ1v) is 4.45. The number of nitrogens with one attached hydrogen (secondary N) is 1. The number of hydrazine groups is 1. The van der Waals surface area contributed by atoms with E-state index in [4.69, 9.17) is 5.84 Å². The van der Waals surface area contributed by atoms with E-state index in [9.17, 15) is 0 Å². The molecule has 0 radical (unpaired) electrons. The van der Waals surface area contributed by atoms with E-state index in [1.807, 2.05) is 23.2 Å². The maximum atomic E-state index is 5.43. The van der Waals surface area contributed by atoms with Crippen LogP contribution in [0, 0.1) is 0 Å². The highest BCUT2D eigenvalue weighted by molar-refractivity contribution is 4.88. The molecule has 6 N–H and O–H groups in total. The number of piperazine rings is 1. The lowest BCUT2D eigenvalue weighted by molar-refractivity contribution is 0.248. The lowest BCUT2D eigenvalue weighted by atomic mass is 10.4. The fraction of sp³-hybridized carbons (Fsp3) is 0.444. The standard InChI is InChI=1S/C5H5N.C4H11N3.H3N/c1-2-4-6-5-3-1;5-7-3-1-6-2-4-7;/h1-5H;6H,1-5H2;1H3.